The van der Waals surface area contributed by atoms with Crippen LogP contribution in [0.3, 0.4) is 0 Å². The number of nitrogens with one attached hydrogen (secondary N) is 1. The zero-order valence-electron chi connectivity index (χ0n) is 31.1. The molecule has 0 aromatic carbocycles. The lowest BCUT2D eigenvalue weighted by molar-refractivity contribution is -0.727. The molecule has 0 bridgehead atoms. The van der Waals surface area contributed by atoms with Crippen molar-refractivity contribution in [2.75, 3.05) is 0 Å². The zero-order valence-corrected chi connectivity index (χ0v) is 31.1. The SMILES string of the molecule is CCCCCCCCCCCCCCCCCCC(CCCCCCCCCCCCCCC)c1[nH]cc[n+]1C(C)CCC. The number of imidazole rings is 1. The number of hydrogen-bond acceptors (Lipinski definition) is 0. The minimum Gasteiger partial charge on any atom is -0.247 e. The van der Waals surface area contributed by atoms with E-state index in [-0.39, 0.29) is 0 Å². The number of aromatic amines is 1. The Bertz CT molecular complexity index is 679. The highest BCUT2D eigenvalue weighted by Crippen LogP contribution is 2.27. The Morgan fingerprint density at radius 3 is 1.07 bits per heavy atom. The number of H-pyrrole nitrogens is 1. The fourth-order valence-electron chi connectivity index (χ4n) is 7.39. The molecular formula is C42H83N2+. The van der Waals surface area contributed by atoms with Crippen molar-refractivity contribution < 1.29 is 4.57 Å². The second-order valence-electron chi connectivity index (χ2n) is 14.7. The Kier molecular flexibility index (Phi) is 30.1. The van der Waals surface area contributed by atoms with Gasteiger partial charge in [0.15, 0.2) is 0 Å². The lowest BCUT2D eigenvalue weighted by Gasteiger charge is -2.17. The first-order valence-electron chi connectivity index (χ1n) is 20.8. The van der Waals surface area contributed by atoms with Crippen LogP contribution < -0.4 is 4.57 Å². The largest absolute Gasteiger partial charge is 0.257 e. The van der Waals surface area contributed by atoms with Crippen LogP contribution in [0.5, 0.6) is 0 Å². The van der Waals surface area contributed by atoms with Crippen molar-refractivity contribution in [2.45, 2.75) is 252 Å². The second kappa shape index (κ2) is 32.2. The summed E-state index contributed by atoms with van der Waals surface area (Å²) < 4.78 is 2.59. The summed E-state index contributed by atoms with van der Waals surface area (Å²) in [6.07, 6.45) is 51.8. The number of unbranched alkanes of at least 4 members (excludes halogenated alkanes) is 27. The first-order chi connectivity index (χ1) is 21.7. The summed E-state index contributed by atoms with van der Waals surface area (Å²) in [7, 11) is 0. The Labute approximate surface area is 278 Å². The first-order valence-corrected chi connectivity index (χ1v) is 20.8. The normalized spacial score (nSPS) is 13.1. The van der Waals surface area contributed by atoms with Crippen molar-refractivity contribution in [1.29, 1.82) is 0 Å². The highest BCUT2D eigenvalue weighted by Gasteiger charge is 2.25. The molecule has 0 spiro atoms. The molecule has 0 radical (unpaired) electrons. The van der Waals surface area contributed by atoms with Gasteiger partial charge in [0, 0.05) is 0 Å². The first kappa shape index (κ1) is 41.2. The molecule has 1 rings (SSSR count). The van der Waals surface area contributed by atoms with Crippen LogP contribution in [-0.4, -0.2) is 4.98 Å². The van der Waals surface area contributed by atoms with Crippen molar-refractivity contribution in [2.24, 2.45) is 0 Å². The lowest BCUT2D eigenvalue weighted by Crippen LogP contribution is -2.41. The van der Waals surface area contributed by atoms with Gasteiger partial charge in [-0.15, -0.1) is 0 Å². The molecule has 1 aromatic rings. The molecule has 0 aliphatic heterocycles. The summed E-state index contributed by atoms with van der Waals surface area (Å²) in [6, 6.07) is 0.612. The van der Waals surface area contributed by atoms with Crippen LogP contribution >= 0.6 is 0 Å². The standard InChI is InChI=1S/C42H82N2/c1-5-8-10-12-14-16-18-20-21-22-24-26-28-30-32-34-37-41(42-43-38-39-44(42)40(4)35-7-3)36-33-31-29-27-25-23-19-17-15-13-11-9-6-2/h38-41H,5-37H2,1-4H3/p+1. The van der Waals surface area contributed by atoms with E-state index >= 15 is 0 Å². The Balaban J connectivity index is 2.19. The van der Waals surface area contributed by atoms with Gasteiger partial charge in [-0.05, 0) is 26.2 Å². The predicted octanol–water partition coefficient (Wildman–Crippen LogP) is 14.9. The minimum atomic E-state index is 0.612. The van der Waals surface area contributed by atoms with Crippen LogP contribution in [0, 0.1) is 0 Å². The van der Waals surface area contributed by atoms with Crippen molar-refractivity contribution in [1.82, 2.24) is 4.98 Å². The Morgan fingerprint density at radius 1 is 0.432 bits per heavy atom. The average Bonchev–Trinajstić information content (AvgIpc) is 3.52. The summed E-state index contributed by atoms with van der Waals surface area (Å²) in [5.74, 6) is 2.23. The van der Waals surface area contributed by atoms with E-state index in [0.717, 1.165) is 0 Å². The van der Waals surface area contributed by atoms with Gasteiger partial charge in [0.05, 0.1) is 12.0 Å². The highest BCUT2D eigenvalue weighted by atomic mass is 15.1. The summed E-state index contributed by atoms with van der Waals surface area (Å²) >= 11 is 0. The lowest BCUT2D eigenvalue weighted by atomic mass is 9.92. The zero-order chi connectivity index (χ0) is 31.8. The van der Waals surface area contributed by atoms with Gasteiger partial charge in [0.25, 0.3) is 5.82 Å². The highest BCUT2D eigenvalue weighted by molar-refractivity contribution is 4.90. The van der Waals surface area contributed by atoms with Crippen molar-refractivity contribution >= 4 is 0 Å². The maximum absolute atomic E-state index is 3.71. The van der Waals surface area contributed by atoms with Crippen LogP contribution in [0.2, 0.25) is 0 Å². The molecule has 2 heteroatoms. The number of nitrogens with zero attached hydrogens (tertiary/aromatic N) is 1. The predicted molar refractivity (Wildman–Crippen MR) is 198 cm³/mol. The van der Waals surface area contributed by atoms with E-state index in [1.54, 1.807) is 0 Å². The maximum Gasteiger partial charge on any atom is 0.257 e. The molecule has 260 valence electrons. The molecule has 44 heavy (non-hydrogen) atoms. The van der Waals surface area contributed by atoms with Crippen molar-refractivity contribution in [3.8, 4) is 0 Å². The molecule has 0 aliphatic carbocycles. The van der Waals surface area contributed by atoms with Crippen LogP contribution in [0.4, 0.5) is 0 Å². The molecule has 1 N–H and O–H groups in total. The van der Waals surface area contributed by atoms with Crippen LogP contribution in [-0.2, 0) is 0 Å². The van der Waals surface area contributed by atoms with E-state index in [1.807, 2.05) is 0 Å². The average molecular weight is 616 g/mol. The topological polar surface area (TPSA) is 19.7 Å². The van der Waals surface area contributed by atoms with E-state index in [4.69, 9.17) is 0 Å². The van der Waals surface area contributed by atoms with Crippen molar-refractivity contribution in [3.05, 3.63) is 18.2 Å². The van der Waals surface area contributed by atoms with Gasteiger partial charge < -0.3 is 0 Å². The molecule has 2 unspecified atom stereocenters. The number of aromatic nitrogens is 2. The number of rotatable bonds is 35. The van der Waals surface area contributed by atoms with E-state index in [9.17, 15) is 0 Å². The number of hydrogen-bond donors (Lipinski definition) is 1. The van der Waals surface area contributed by atoms with Crippen molar-refractivity contribution in [3.63, 3.8) is 0 Å². The summed E-state index contributed by atoms with van der Waals surface area (Å²) in [5.41, 5.74) is 0. The fraction of sp³-hybridized carbons (Fsp3) is 0.929. The van der Waals surface area contributed by atoms with E-state index in [0.29, 0.717) is 12.0 Å². The van der Waals surface area contributed by atoms with E-state index in [1.165, 1.54) is 218 Å². The molecule has 0 saturated carbocycles. The van der Waals surface area contributed by atoms with Crippen LogP contribution in [0.15, 0.2) is 12.4 Å². The molecule has 2 nitrogen and oxygen atoms in total. The molecular weight excluding hydrogens is 532 g/mol. The smallest absolute Gasteiger partial charge is 0.247 e. The van der Waals surface area contributed by atoms with E-state index in [2.05, 4.69) is 49.6 Å². The van der Waals surface area contributed by atoms with E-state index < -0.39 is 0 Å². The monoisotopic (exact) mass is 616 g/mol. The van der Waals surface area contributed by atoms with Crippen LogP contribution in [0.25, 0.3) is 0 Å². The molecule has 2 atom stereocenters. The summed E-state index contributed by atoms with van der Waals surface area (Å²) in [6.45, 7) is 9.36. The van der Waals surface area contributed by atoms with Gasteiger partial charge >= 0.3 is 0 Å². The third-order valence-corrected chi connectivity index (χ3v) is 10.4. The molecule has 0 saturated heterocycles. The van der Waals surface area contributed by atoms with Gasteiger partial charge in [-0.2, -0.15) is 0 Å². The molecule has 1 aromatic heterocycles. The van der Waals surface area contributed by atoms with Gasteiger partial charge in [0.1, 0.15) is 12.4 Å². The quantitative estimate of drug-likeness (QED) is 0.0579. The summed E-state index contributed by atoms with van der Waals surface area (Å²) in [4.78, 5) is 3.71. The van der Waals surface area contributed by atoms with Crippen LogP contribution in [0.1, 0.15) is 257 Å². The van der Waals surface area contributed by atoms with Gasteiger partial charge in [-0.25, -0.2) is 9.55 Å². The third kappa shape index (κ3) is 23.5. The fourth-order valence-corrected chi connectivity index (χ4v) is 7.39. The molecule has 0 fully saturated rings. The second-order valence-corrected chi connectivity index (χ2v) is 14.7. The molecule has 1 heterocycles. The van der Waals surface area contributed by atoms with Gasteiger partial charge in [-0.1, -0.05) is 213 Å². The maximum atomic E-state index is 3.71. The Hall–Kier alpha value is -0.790. The summed E-state index contributed by atoms with van der Waals surface area (Å²) in [5, 5.41) is 0. The Morgan fingerprint density at radius 2 is 0.750 bits per heavy atom. The minimum absolute atomic E-state index is 0.612. The van der Waals surface area contributed by atoms with Gasteiger partial charge in [0.2, 0.25) is 0 Å². The third-order valence-electron chi connectivity index (χ3n) is 10.4. The molecule has 0 aliphatic rings. The van der Waals surface area contributed by atoms with Gasteiger partial charge in [-0.3, -0.25) is 0 Å². The molecule has 0 amide bonds.